The van der Waals surface area contributed by atoms with E-state index in [0.29, 0.717) is 13.1 Å². The van der Waals surface area contributed by atoms with E-state index < -0.39 is 12.1 Å². The standard InChI is InChI=1S/C13H18FNO/c1-3-15(4-2)13(16)12(14)10-11-8-6-5-7-9-11/h5-9,12H,3-4,10H2,1-2H3. The maximum Gasteiger partial charge on any atom is 0.257 e. The van der Waals surface area contributed by atoms with Gasteiger partial charge in [0.15, 0.2) is 6.17 Å². The highest BCUT2D eigenvalue weighted by Crippen LogP contribution is 2.08. The van der Waals surface area contributed by atoms with Gasteiger partial charge in [0.05, 0.1) is 0 Å². The van der Waals surface area contributed by atoms with E-state index in [4.69, 9.17) is 0 Å². The summed E-state index contributed by atoms with van der Waals surface area (Å²) in [6.45, 7) is 4.84. The summed E-state index contributed by atoms with van der Waals surface area (Å²) in [5.41, 5.74) is 0.857. The fourth-order valence-electron chi connectivity index (χ4n) is 1.64. The SMILES string of the molecule is CCN(CC)C(=O)C(F)Cc1ccccc1. The van der Waals surface area contributed by atoms with E-state index in [0.717, 1.165) is 5.56 Å². The van der Waals surface area contributed by atoms with Crippen LogP contribution in [0, 0.1) is 0 Å². The molecule has 0 spiro atoms. The lowest BCUT2D eigenvalue weighted by Gasteiger charge is -2.20. The van der Waals surface area contributed by atoms with E-state index in [2.05, 4.69) is 0 Å². The Kier molecular flexibility index (Phi) is 4.96. The summed E-state index contributed by atoms with van der Waals surface area (Å²) in [6, 6.07) is 9.25. The van der Waals surface area contributed by atoms with Crippen LogP contribution in [-0.4, -0.2) is 30.1 Å². The summed E-state index contributed by atoms with van der Waals surface area (Å²) in [5.74, 6) is -0.408. The molecule has 16 heavy (non-hydrogen) atoms. The molecule has 1 aromatic rings. The maximum absolute atomic E-state index is 13.7. The van der Waals surface area contributed by atoms with Crippen molar-refractivity contribution < 1.29 is 9.18 Å². The van der Waals surface area contributed by atoms with E-state index in [-0.39, 0.29) is 6.42 Å². The van der Waals surface area contributed by atoms with Gasteiger partial charge in [-0.2, -0.15) is 0 Å². The van der Waals surface area contributed by atoms with Crippen LogP contribution in [-0.2, 0) is 11.2 Å². The van der Waals surface area contributed by atoms with E-state index in [1.165, 1.54) is 4.90 Å². The van der Waals surface area contributed by atoms with Gasteiger partial charge in [-0.3, -0.25) is 4.79 Å². The Morgan fingerprint density at radius 1 is 1.25 bits per heavy atom. The number of hydrogen-bond donors (Lipinski definition) is 0. The smallest absolute Gasteiger partial charge is 0.257 e. The second-order valence-electron chi connectivity index (χ2n) is 3.67. The molecule has 1 aromatic carbocycles. The second kappa shape index (κ2) is 6.26. The summed E-state index contributed by atoms with van der Waals surface area (Å²) >= 11 is 0. The first-order valence-electron chi connectivity index (χ1n) is 5.65. The molecule has 0 bridgehead atoms. The predicted octanol–water partition coefficient (Wildman–Crippen LogP) is 2.44. The molecule has 0 N–H and O–H groups in total. The fraction of sp³-hybridized carbons (Fsp3) is 0.462. The van der Waals surface area contributed by atoms with Crippen molar-refractivity contribution in [3.8, 4) is 0 Å². The third-order valence-corrected chi connectivity index (χ3v) is 2.60. The summed E-state index contributed by atoms with van der Waals surface area (Å²) < 4.78 is 13.7. The zero-order valence-corrected chi connectivity index (χ0v) is 9.82. The Morgan fingerprint density at radius 3 is 2.31 bits per heavy atom. The second-order valence-corrected chi connectivity index (χ2v) is 3.67. The van der Waals surface area contributed by atoms with Crippen LogP contribution in [0.5, 0.6) is 0 Å². The average molecular weight is 223 g/mol. The summed E-state index contributed by atoms with van der Waals surface area (Å²) in [4.78, 5) is 13.2. The molecule has 0 saturated carbocycles. The Bertz CT molecular complexity index is 322. The molecule has 1 rings (SSSR count). The number of carbonyl (C=O) groups is 1. The molecule has 2 nitrogen and oxygen atoms in total. The molecule has 0 aromatic heterocycles. The molecule has 1 atom stereocenters. The molecule has 1 amide bonds. The van der Waals surface area contributed by atoms with Crippen LogP contribution in [0.1, 0.15) is 19.4 Å². The lowest BCUT2D eigenvalue weighted by molar-refractivity contribution is -0.136. The van der Waals surface area contributed by atoms with Crippen LogP contribution >= 0.6 is 0 Å². The summed E-state index contributed by atoms with van der Waals surface area (Å²) in [6.07, 6.45) is -1.27. The van der Waals surface area contributed by atoms with Crippen molar-refractivity contribution in [1.29, 1.82) is 0 Å². The number of benzene rings is 1. The molecule has 0 aliphatic rings. The van der Waals surface area contributed by atoms with Crippen molar-refractivity contribution in [1.82, 2.24) is 4.90 Å². The van der Waals surface area contributed by atoms with Gasteiger partial charge < -0.3 is 4.90 Å². The van der Waals surface area contributed by atoms with Gasteiger partial charge in [0.1, 0.15) is 0 Å². The third-order valence-electron chi connectivity index (χ3n) is 2.60. The monoisotopic (exact) mass is 223 g/mol. The van der Waals surface area contributed by atoms with E-state index in [1.807, 2.05) is 44.2 Å². The van der Waals surface area contributed by atoms with Crippen molar-refractivity contribution in [3.05, 3.63) is 35.9 Å². The molecular formula is C13H18FNO. The van der Waals surface area contributed by atoms with Crippen LogP contribution < -0.4 is 0 Å². The van der Waals surface area contributed by atoms with Gasteiger partial charge in [0.25, 0.3) is 5.91 Å². The molecule has 0 aliphatic heterocycles. The maximum atomic E-state index is 13.7. The zero-order valence-electron chi connectivity index (χ0n) is 9.82. The number of alkyl halides is 1. The first-order valence-corrected chi connectivity index (χ1v) is 5.65. The van der Waals surface area contributed by atoms with Crippen LogP contribution in [0.4, 0.5) is 4.39 Å². The topological polar surface area (TPSA) is 20.3 Å². The highest BCUT2D eigenvalue weighted by molar-refractivity contribution is 5.81. The summed E-state index contributed by atoms with van der Waals surface area (Å²) in [5, 5.41) is 0. The first kappa shape index (κ1) is 12.7. The number of nitrogens with zero attached hydrogens (tertiary/aromatic N) is 1. The Hall–Kier alpha value is -1.38. The quantitative estimate of drug-likeness (QED) is 0.750. The van der Waals surface area contributed by atoms with Crippen LogP contribution in [0.15, 0.2) is 30.3 Å². The predicted molar refractivity (Wildman–Crippen MR) is 63.0 cm³/mol. The van der Waals surface area contributed by atoms with Crippen molar-refractivity contribution in [3.63, 3.8) is 0 Å². The van der Waals surface area contributed by atoms with E-state index in [1.54, 1.807) is 0 Å². The van der Waals surface area contributed by atoms with Gasteiger partial charge in [-0.1, -0.05) is 30.3 Å². The molecule has 3 heteroatoms. The molecule has 88 valence electrons. The Morgan fingerprint density at radius 2 is 1.81 bits per heavy atom. The minimum absolute atomic E-state index is 0.163. The lowest BCUT2D eigenvalue weighted by atomic mass is 10.1. The van der Waals surface area contributed by atoms with Crippen LogP contribution in [0.2, 0.25) is 0 Å². The van der Waals surface area contributed by atoms with E-state index >= 15 is 0 Å². The van der Waals surface area contributed by atoms with Gasteiger partial charge in [-0.05, 0) is 19.4 Å². The molecule has 0 aliphatic carbocycles. The summed E-state index contributed by atoms with van der Waals surface area (Å²) in [7, 11) is 0. The van der Waals surface area contributed by atoms with Gasteiger partial charge in [0.2, 0.25) is 0 Å². The Balaban J connectivity index is 2.58. The molecule has 0 saturated heterocycles. The zero-order chi connectivity index (χ0) is 12.0. The van der Waals surface area contributed by atoms with Gasteiger partial charge in [0, 0.05) is 19.5 Å². The molecule has 0 fully saturated rings. The number of halogens is 1. The third kappa shape index (κ3) is 3.33. The molecule has 1 unspecified atom stereocenters. The van der Waals surface area contributed by atoms with Crippen LogP contribution in [0.25, 0.3) is 0 Å². The highest BCUT2D eigenvalue weighted by Gasteiger charge is 2.21. The highest BCUT2D eigenvalue weighted by atomic mass is 19.1. The molecular weight excluding hydrogens is 205 g/mol. The van der Waals surface area contributed by atoms with Gasteiger partial charge in [-0.15, -0.1) is 0 Å². The molecule has 0 heterocycles. The minimum atomic E-state index is -1.43. The Labute approximate surface area is 96.1 Å². The number of hydrogen-bond acceptors (Lipinski definition) is 1. The number of amides is 1. The van der Waals surface area contributed by atoms with Crippen molar-refractivity contribution in [2.24, 2.45) is 0 Å². The van der Waals surface area contributed by atoms with Gasteiger partial charge in [-0.25, -0.2) is 4.39 Å². The van der Waals surface area contributed by atoms with Crippen molar-refractivity contribution in [2.75, 3.05) is 13.1 Å². The minimum Gasteiger partial charge on any atom is -0.341 e. The van der Waals surface area contributed by atoms with Crippen LogP contribution in [0.3, 0.4) is 0 Å². The lowest BCUT2D eigenvalue weighted by Crippen LogP contribution is -2.37. The first-order chi connectivity index (χ1) is 7.69. The normalized spacial score (nSPS) is 12.2. The van der Waals surface area contributed by atoms with Crippen molar-refractivity contribution >= 4 is 5.91 Å². The number of rotatable bonds is 5. The fourth-order valence-corrected chi connectivity index (χ4v) is 1.64. The largest absolute Gasteiger partial charge is 0.341 e. The molecule has 0 radical (unpaired) electrons. The van der Waals surface area contributed by atoms with E-state index in [9.17, 15) is 9.18 Å². The van der Waals surface area contributed by atoms with Gasteiger partial charge >= 0.3 is 0 Å². The van der Waals surface area contributed by atoms with Crippen molar-refractivity contribution in [2.45, 2.75) is 26.4 Å². The average Bonchev–Trinajstić information content (AvgIpc) is 2.31. The number of carbonyl (C=O) groups excluding carboxylic acids is 1.